The van der Waals surface area contributed by atoms with Gasteiger partial charge in [0, 0.05) is 49.0 Å². The summed E-state index contributed by atoms with van der Waals surface area (Å²) >= 11 is 0. The topological polar surface area (TPSA) is 66.0 Å². The SMILES string of the molecule is CN(Cc1n[nH]c2c1CCCCC2)Cc1ccc2n(c1=O)C[C@@H]1CNC[C@H]2C1. The summed E-state index contributed by atoms with van der Waals surface area (Å²) in [6, 6.07) is 4.25. The molecule has 2 aromatic heterocycles. The molecule has 1 aliphatic carbocycles. The Morgan fingerprint density at radius 2 is 2.07 bits per heavy atom. The second-order valence-corrected chi connectivity index (χ2v) is 9.02. The average Bonchev–Trinajstić information content (AvgIpc) is 2.91. The van der Waals surface area contributed by atoms with Crippen LogP contribution >= 0.6 is 0 Å². The molecule has 0 saturated carbocycles. The van der Waals surface area contributed by atoms with E-state index in [9.17, 15) is 4.79 Å². The fourth-order valence-corrected chi connectivity index (χ4v) is 5.42. The summed E-state index contributed by atoms with van der Waals surface area (Å²) in [6.07, 6.45) is 7.29. The molecule has 0 radical (unpaired) electrons. The van der Waals surface area contributed by atoms with Gasteiger partial charge in [-0.3, -0.25) is 14.8 Å². The smallest absolute Gasteiger partial charge is 0.255 e. The zero-order chi connectivity index (χ0) is 19.1. The van der Waals surface area contributed by atoms with Crippen molar-refractivity contribution in [3.8, 4) is 0 Å². The molecule has 0 spiro atoms. The number of nitrogens with one attached hydrogen (secondary N) is 2. The van der Waals surface area contributed by atoms with Gasteiger partial charge in [0.05, 0.1) is 5.69 Å². The molecule has 0 aromatic carbocycles. The van der Waals surface area contributed by atoms with Gasteiger partial charge in [-0.1, -0.05) is 12.5 Å². The number of rotatable bonds is 4. The van der Waals surface area contributed by atoms with Gasteiger partial charge < -0.3 is 9.88 Å². The molecule has 6 nitrogen and oxygen atoms in total. The summed E-state index contributed by atoms with van der Waals surface area (Å²) in [6.45, 7) is 4.37. The summed E-state index contributed by atoms with van der Waals surface area (Å²) in [7, 11) is 2.10. The van der Waals surface area contributed by atoms with E-state index in [-0.39, 0.29) is 5.56 Å². The summed E-state index contributed by atoms with van der Waals surface area (Å²) in [4.78, 5) is 15.4. The van der Waals surface area contributed by atoms with Crippen LogP contribution in [0, 0.1) is 5.92 Å². The quantitative estimate of drug-likeness (QED) is 0.797. The van der Waals surface area contributed by atoms with Crippen molar-refractivity contribution in [3.63, 3.8) is 0 Å². The van der Waals surface area contributed by atoms with E-state index in [1.54, 1.807) is 0 Å². The van der Waals surface area contributed by atoms with Crippen LogP contribution in [-0.2, 0) is 32.5 Å². The maximum atomic E-state index is 13.2. The van der Waals surface area contributed by atoms with Crippen LogP contribution in [-0.4, -0.2) is 39.8 Å². The summed E-state index contributed by atoms with van der Waals surface area (Å²) < 4.78 is 2.06. The number of H-pyrrole nitrogens is 1. The van der Waals surface area contributed by atoms with Gasteiger partial charge in [0.15, 0.2) is 0 Å². The van der Waals surface area contributed by atoms with Gasteiger partial charge in [-0.15, -0.1) is 0 Å². The number of hydrogen-bond donors (Lipinski definition) is 2. The van der Waals surface area contributed by atoms with Crippen molar-refractivity contribution < 1.29 is 0 Å². The third-order valence-electron chi connectivity index (χ3n) is 6.84. The molecule has 6 heteroatoms. The van der Waals surface area contributed by atoms with E-state index in [1.807, 2.05) is 0 Å². The highest BCUT2D eigenvalue weighted by molar-refractivity contribution is 5.27. The van der Waals surface area contributed by atoms with E-state index in [0.717, 1.165) is 50.3 Å². The maximum absolute atomic E-state index is 13.2. The van der Waals surface area contributed by atoms with Gasteiger partial charge in [0.1, 0.15) is 0 Å². The van der Waals surface area contributed by atoms with Crippen molar-refractivity contribution in [2.24, 2.45) is 5.92 Å². The van der Waals surface area contributed by atoms with Crippen LogP contribution < -0.4 is 10.9 Å². The van der Waals surface area contributed by atoms with Gasteiger partial charge in [-0.05, 0) is 63.2 Å². The number of hydrogen-bond acceptors (Lipinski definition) is 4. The molecule has 28 heavy (non-hydrogen) atoms. The molecule has 2 atom stereocenters. The van der Waals surface area contributed by atoms with Crippen molar-refractivity contribution in [2.75, 3.05) is 20.1 Å². The van der Waals surface area contributed by atoms with Gasteiger partial charge in [-0.25, -0.2) is 0 Å². The fourth-order valence-electron chi connectivity index (χ4n) is 5.42. The first-order chi connectivity index (χ1) is 13.7. The average molecular weight is 382 g/mol. The molecule has 1 saturated heterocycles. The first-order valence-corrected chi connectivity index (χ1v) is 10.9. The molecule has 5 rings (SSSR count). The third-order valence-corrected chi connectivity index (χ3v) is 6.84. The number of aryl methyl sites for hydroxylation is 1. The first-order valence-electron chi connectivity index (χ1n) is 10.9. The zero-order valence-electron chi connectivity index (χ0n) is 16.8. The molecule has 150 valence electrons. The van der Waals surface area contributed by atoms with Gasteiger partial charge in [0.25, 0.3) is 5.56 Å². The number of aromatic amines is 1. The van der Waals surface area contributed by atoms with Crippen molar-refractivity contribution in [1.29, 1.82) is 0 Å². The second-order valence-electron chi connectivity index (χ2n) is 9.02. The van der Waals surface area contributed by atoms with Gasteiger partial charge >= 0.3 is 0 Å². The van der Waals surface area contributed by atoms with Crippen LogP contribution in [0.4, 0.5) is 0 Å². The Balaban J connectivity index is 1.33. The predicted octanol–water partition coefficient (Wildman–Crippen LogP) is 2.18. The first kappa shape index (κ1) is 18.1. The van der Waals surface area contributed by atoms with Crippen LogP contribution in [0.1, 0.15) is 59.8 Å². The molecule has 2 aliphatic heterocycles. The van der Waals surface area contributed by atoms with Crippen molar-refractivity contribution in [1.82, 2.24) is 25.0 Å². The standard InChI is InChI=1S/C22H31N5O/c1-26(14-20-18-5-3-2-4-6-19(18)24-25-20)13-16-7-8-21-17-9-15(10-23-11-17)12-27(21)22(16)28/h7-8,15,17,23H,2-6,9-14H2,1H3,(H,24,25)/t15-,17+/m0/s1. The zero-order valence-corrected chi connectivity index (χ0v) is 16.8. The Hall–Kier alpha value is -1.92. The Kier molecular flexibility index (Phi) is 4.85. The molecule has 0 amide bonds. The molecule has 2 N–H and O–H groups in total. The molecule has 2 bridgehead atoms. The van der Waals surface area contributed by atoms with E-state index < -0.39 is 0 Å². The van der Waals surface area contributed by atoms with Crippen LogP contribution in [0.5, 0.6) is 0 Å². The number of aromatic nitrogens is 3. The van der Waals surface area contributed by atoms with Crippen LogP contribution in [0.3, 0.4) is 0 Å². The predicted molar refractivity (Wildman–Crippen MR) is 109 cm³/mol. The lowest BCUT2D eigenvalue weighted by molar-refractivity contribution is 0.254. The normalized spacial score (nSPS) is 23.9. The van der Waals surface area contributed by atoms with Crippen LogP contribution in [0.15, 0.2) is 16.9 Å². The number of fused-ring (bicyclic) bond motifs is 5. The maximum Gasteiger partial charge on any atom is 0.255 e. The Labute approximate surface area is 166 Å². The summed E-state index contributed by atoms with van der Waals surface area (Å²) in [5.41, 5.74) is 6.25. The Morgan fingerprint density at radius 1 is 1.18 bits per heavy atom. The van der Waals surface area contributed by atoms with E-state index in [0.29, 0.717) is 18.4 Å². The van der Waals surface area contributed by atoms with Crippen molar-refractivity contribution in [3.05, 3.63) is 50.7 Å². The monoisotopic (exact) mass is 381 g/mol. The van der Waals surface area contributed by atoms with Crippen LogP contribution in [0.2, 0.25) is 0 Å². The molecule has 2 aromatic rings. The largest absolute Gasteiger partial charge is 0.316 e. The third kappa shape index (κ3) is 3.33. The Bertz CT molecular complexity index is 914. The summed E-state index contributed by atoms with van der Waals surface area (Å²) in [5.74, 6) is 1.09. The Morgan fingerprint density at radius 3 is 3.00 bits per heavy atom. The van der Waals surface area contributed by atoms with Crippen molar-refractivity contribution >= 4 is 0 Å². The number of piperidine rings is 1. The minimum Gasteiger partial charge on any atom is -0.316 e. The lowest BCUT2D eigenvalue weighted by atomic mass is 9.84. The number of nitrogens with zero attached hydrogens (tertiary/aromatic N) is 3. The highest BCUT2D eigenvalue weighted by atomic mass is 16.1. The minimum absolute atomic E-state index is 0.210. The molecule has 1 fully saturated rings. The van der Waals surface area contributed by atoms with Gasteiger partial charge in [-0.2, -0.15) is 5.10 Å². The lowest BCUT2D eigenvalue weighted by Gasteiger charge is -2.37. The van der Waals surface area contributed by atoms with Crippen molar-refractivity contribution in [2.45, 2.75) is 64.1 Å². The van der Waals surface area contributed by atoms with Gasteiger partial charge in [0.2, 0.25) is 0 Å². The summed E-state index contributed by atoms with van der Waals surface area (Å²) in [5, 5.41) is 11.4. The highest BCUT2D eigenvalue weighted by Crippen LogP contribution is 2.31. The fraction of sp³-hybridized carbons (Fsp3) is 0.636. The van der Waals surface area contributed by atoms with E-state index in [1.165, 1.54) is 42.6 Å². The van der Waals surface area contributed by atoms with E-state index in [4.69, 9.17) is 0 Å². The van der Waals surface area contributed by atoms with E-state index in [2.05, 4.69) is 44.2 Å². The molecule has 4 heterocycles. The van der Waals surface area contributed by atoms with Crippen LogP contribution in [0.25, 0.3) is 0 Å². The van der Waals surface area contributed by atoms with E-state index >= 15 is 0 Å². The lowest BCUT2D eigenvalue weighted by Crippen LogP contribution is -2.45. The molecule has 0 unspecified atom stereocenters. The number of pyridine rings is 1. The second kappa shape index (κ2) is 7.48. The minimum atomic E-state index is 0.210. The highest BCUT2D eigenvalue weighted by Gasteiger charge is 2.31. The molecule has 3 aliphatic rings. The molecular formula is C22H31N5O. The molecular weight excluding hydrogens is 350 g/mol.